The number of aromatic nitrogens is 1. The smallest absolute Gasteiger partial charge is 0.199 e. The van der Waals surface area contributed by atoms with E-state index in [9.17, 15) is 9.90 Å². The van der Waals surface area contributed by atoms with E-state index in [1.54, 1.807) is 46.0 Å². The Bertz CT molecular complexity index is 648. The molecular formula is C15H17ClN2O3. The van der Waals surface area contributed by atoms with Gasteiger partial charge in [-0.1, -0.05) is 11.6 Å². The van der Waals surface area contributed by atoms with E-state index >= 15 is 0 Å². The number of pyridine rings is 1. The zero-order valence-electron chi connectivity index (χ0n) is 12.3. The van der Waals surface area contributed by atoms with Crippen LogP contribution in [0.1, 0.15) is 27.7 Å². The van der Waals surface area contributed by atoms with Crippen molar-refractivity contribution >= 4 is 29.3 Å². The van der Waals surface area contributed by atoms with Crippen LogP contribution in [0.4, 0.5) is 5.69 Å². The molecule has 112 valence electrons. The molecule has 0 aromatic carbocycles. The number of aliphatic hydroxyl groups is 1. The normalized spacial score (nSPS) is 21.1. The number of ketones is 1. The number of ether oxygens (including phenoxy) is 1. The Hall–Kier alpha value is -1.72. The zero-order chi connectivity index (χ0) is 15.8. The Balaban J connectivity index is 2.46. The highest BCUT2D eigenvalue weighted by Gasteiger charge is 2.46. The molecule has 0 atom stereocenters. The maximum absolute atomic E-state index is 12.4. The van der Waals surface area contributed by atoms with Crippen molar-refractivity contribution < 1.29 is 14.6 Å². The Labute approximate surface area is 128 Å². The van der Waals surface area contributed by atoms with Gasteiger partial charge in [-0.2, -0.15) is 0 Å². The largest absolute Gasteiger partial charge is 0.508 e. The first-order valence-electron chi connectivity index (χ1n) is 6.48. The van der Waals surface area contributed by atoms with E-state index < -0.39 is 11.2 Å². The number of halogens is 1. The third-order valence-electron chi connectivity index (χ3n) is 3.20. The van der Waals surface area contributed by atoms with Crippen LogP contribution in [0.25, 0.3) is 0 Å². The standard InChI is InChI=1S/C15H17ClN2O3/c1-14(2)11(19)9(12(20)15(3,4)21-14)8-18-10-6-5-7-17-13(10)16/h5-8,19H,1-4H3. The summed E-state index contributed by atoms with van der Waals surface area (Å²) in [4.78, 5) is 20.4. The van der Waals surface area contributed by atoms with Crippen LogP contribution >= 0.6 is 11.6 Å². The van der Waals surface area contributed by atoms with E-state index in [2.05, 4.69) is 9.98 Å². The molecular weight excluding hydrogens is 292 g/mol. The summed E-state index contributed by atoms with van der Waals surface area (Å²) in [5.74, 6) is -0.473. The molecule has 1 aliphatic rings. The van der Waals surface area contributed by atoms with Gasteiger partial charge in [-0.05, 0) is 39.8 Å². The highest BCUT2D eigenvalue weighted by Crippen LogP contribution is 2.35. The van der Waals surface area contributed by atoms with Gasteiger partial charge in [-0.3, -0.25) is 9.79 Å². The SMILES string of the molecule is CC1(C)OC(C)(C)C(O)=C(C=Nc2cccnc2Cl)C1=O. The van der Waals surface area contributed by atoms with Gasteiger partial charge in [0.2, 0.25) is 0 Å². The van der Waals surface area contributed by atoms with Gasteiger partial charge in [0.1, 0.15) is 22.6 Å². The number of carbonyl (C=O) groups is 1. The van der Waals surface area contributed by atoms with Gasteiger partial charge in [0, 0.05) is 12.4 Å². The fourth-order valence-electron chi connectivity index (χ4n) is 2.22. The number of hydrogen-bond donors (Lipinski definition) is 1. The van der Waals surface area contributed by atoms with Crippen molar-refractivity contribution in [1.82, 2.24) is 4.98 Å². The van der Waals surface area contributed by atoms with Crippen molar-refractivity contribution in [3.8, 4) is 0 Å². The summed E-state index contributed by atoms with van der Waals surface area (Å²) < 4.78 is 5.63. The van der Waals surface area contributed by atoms with Gasteiger partial charge in [0.25, 0.3) is 0 Å². The van der Waals surface area contributed by atoms with Crippen molar-refractivity contribution in [3.63, 3.8) is 0 Å². The monoisotopic (exact) mass is 308 g/mol. The van der Waals surface area contributed by atoms with Crippen LogP contribution in [-0.4, -0.2) is 33.3 Å². The highest BCUT2D eigenvalue weighted by molar-refractivity contribution is 6.32. The molecule has 1 aromatic rings. The molecule has 0 saturated heterocycles. The maximum Gasteiger partial charge on any atom is 0.199 e. The molecule has 0 radical (unpaired) electrons. The minimum Gasteiger partial charge on any atom is -0.508 e. The summed E-state index contributed by atoms with van der Waals surface area (Å²) in [6.07, 6.45) is 2.86. The Morgan fingerprint density at radius 1 is 1.33 bits per heavy atom. The lowest BCUT2D eigenvalue weighted by Gasteiger charge is -2.39. The Kier molecular flexibility index (Phi) is 3.91. The molecule has 2 heterocycles. The first-order valence-corrected chi connectivity index (χ1v) is 6.86. The van der Waals surface area contributed by atoms with Crippen molar-refractivity contribution in [2.75, 3.05) is 0 Å². The second kappa shape index (κ2) is 5.24. The van der Waals surface area contributed by atoms with Gasteiger partial charge in [0.15, 0.2) is 10.9 Å². The third kappa shape index (κ3) is 2.99. The quantitative estimate of drug-likeness (QED) is 0.671. The molecule has 5 nitrogen and oxygen atoms in total. The fraction of sp³-hybridized carbons (Fsp3) is 0.400. The summed E-state index contributed by atoms with van der Waals surface area (Å²) in [5.41, 5.74) is -1.45. The van der Waals surface area contributed by atoms with Gasteiger partial charge in [-0.15, -0.1) is 0 Å². The maximum atomic E-state index is 12.4. The second-order valence-electron chi connectivity index (χ2n) is 5.79. The van der Waals surface area contributed by atoms with Crippen molar-refractivity contribution in [2.24, 2.45) is 4.99 Å². The van der Waals surface area contributed by atoms with Crippen LogP contribution in [0, 0.1) is 0 Å². The van der Waals surface area contributed by atoms with Gasteiger partial charge < -0.3 is 9.84 Å². The van der Waals surface area contributed by atoms with Crippen molar-refractivity contribution in [1.29, 1.82) is 0 Å². The molecule has 0 spiro atoms. The molecule has 1 N–H and O–H groups in total. The summed E-state index contributed by atoms with van der Waals surface area (Å²) in [5, 5.41) is 10.5. The first-order chi connectivity index (χ1) is 9.65. The van der Waals surface area contributed by atoms with E-state index in [0.29, 0.717) is 5.69 Å². The summed E-state index contributed by atoms with van der Waals surface area (Å²) in [7, 11) is 0. The summed E-state index contributed by atoms with van der Waals surface area (Å²) in [6, 6.07) is 3.36. The van der Waals surface area contributed by atoms with Crippen LogP contribution in [0.2, 0.25) is 5.15 Å². The van der Waals surface area contributed by atoms with Gasteiger partial charge in [-0.25, -0.2) is 4.98 Å². The second-order valence-corrected chi connectivity index (χ2v) is 6.14. The molecule has 1 aromatic heterocycles. The molecule has 0 unspecified atom stereocenters. The lowest BCUT2D eigenvalue weighted by molar-refractivity contribution is -0.161. The number of aliphatic hydroxyl groups excluding tert-OH is 1. The van der Waals surface area contributed by atoms with Crippen LogP contribution in [0.3, 0.4) is 0 Å². The average Bonchev–Trinajstić information content (AvgIpc) is 2.38. The first kappa shape index (κ1) is 15.7. The zero-order valence-corrected chi connectivity index (χ0v) is 13.1. The van der Waals surface area contributed by atoms with E-state index in [-0.39, 0.29) is 22.3 Å². The highest BCUT2D eigenvalue weighted by atomic mass is 35.5. The van der Waals surface area contributed by atoms with Crippen LogP contribution in [-0.2, 0) is 9.53 Å². The number of nitrogens with zero attached hydrogens (tertiary/aromatic N) is 2. The number of carbonyl (C=O) groups excluding carboxylic acids is 1. The number of aliphatic imine (C=N–C) groups is 1. The third-order valence-corrected chi connectivity index (χ3v) is 3.49. The van der Waals surface area contributed by atoms with Crippen molar-refractivity contribution in [2.45, 2.75) is 38.9 Å². The predicted octanol–water partition coefficient (Wildman–Crippen LogP) is 3.41. The average molecular weight is 309 g/mol. The minimum absolute atomic E-state index is 0.121. The van der Waals surface area contributed by atoms with Crippen molar-refractivity contribution in [3.05, 3.63) is 34.8 Å². The molecule has 0 bridgehead atoms. The topological polar surface area (TPSA) is 71.8 Å². The van der Waals surface area contributed by atoms with Crippen LogP contribution < -0.4 is 0 Å². The number of Topliss-reactive ketones (excluding diaryl/α,β-unsaturated/α-hetero) is 1. The molecule has 0 amide bonds. The Morgan fingerprint density at radius 3 is 2.62 bits per heavy atom. The van der Waals surface area contributed by atoms with Crippen LogP contribution in [0.15, 0.2) is 34.7 Å². The minimum atomic E-state index is -1.03. The lowest BCUT2D eigenvalue weighted by Crippen LogP contribution is -2.50. The van der Waals surface area contributed by atoms with Crippen LogP contribution in [0.5, 0.6) is 0 Å². The van der Waals surface area contributed by atoms with E-state index in [0.717, 1.165) is 0 Å². The molecule has 6 heteroatoms. The molecule has 0 saturated carbocycles. The summed E-state index contributed by atoms with van der Waals surface area (Å²) >= 11 is 5.91. The number of hydrogen-bond acceptors (Lipinski definition) is 5. The van der Waals surface area contributed by atoms with Gasteiger partial charge in [0.05, 0.1) is 5.57 Å². The molecule has 0 fully saturated rings. The Morgan fingerprint density at radius 2 is 2.00 bits per heavy atom. The summed E-state index contributed by atoms with van der Waals surface area (Å²) in [6.45, 7) is 6.71. The fourth-order valence-corrected chi connectivity index (χ4v) is 2.38. The van der Waals surface area contributed by atoms with E-state index in [4.69, 9.17) is 16.3 Å². The van der Waals surface area contributed by atoms with E-state index in [1.165, 1.54) is 6.21 Å². The molecule has 2 rings (SSSR count). The van der Waals surface area contributed by atoms with Gasteiger partial charge >= 0.3 is 0 Å². The lowest BCUT2D eigenvalue weighted by atomic mass is 9.87. The molecule has 0 aliphatic carbocycles. The molecule has 21 heavy (non-hydrogen) atoms. The molecule has 1 aliphatic heterocycles. The van der Waals surface area contributed by atoms with E-state index in [1.807, 2.05) is 0 Å². The number of rotatable bonds is 2. The predicted molar refractivity (Wildman–Crippen MR) is 81.3 cm³/mol.